The first kappa shape index (κ1) is 20.7. The average molecular weight is 393 g/mol. The molecule has 0 aliphatic heterocycles. The van der Waals surface area contributed by atoms with Crippen LogP contribution < -0.4 is 14.9 Å². The Hall–Kier alpha value is -2.65. The predicted molar refractivity (Wildman–Crippen MR) is 104 cm³/mol. The van der Waals surface area contributed by atoms with E-state index in [0.29, 0.717) is 42.1 Å². The molecule has 0 unspecified atom stereocenters. The van der Waals surface area contributed by atoms with E-state index in [0.717, 1.165) is 5.56 Å². The highest BCUT2D eigenvalue weighted by Crippen LogP contribution is 2.27. The van der Waals surface area contributed by atoms with Crippen molar-refractivity contribution in [2.75, 3.05) is 39.5 Å². The van der Waals surface area contributed by atoms with Gasteiger partial charge in [0.25, 0.3) is 0 Å². The van der Waals surface area contributed by atoms with Gasteiger partial charge in [0.15, 0.2) is 11.5 Å². The number of nitrogens with zero attached hydrogens (tertiary/aromatic N) is 2. The number of hydrazone groups is 1. The molecule has 1 aromatic carbocycles. The molecule has 0 saturated heterocycles. The second-order valence-electron chi connectivity index (χ2n) is 5.25. The molecule has 0 atom stereocenters. The number of thiazole rings is 1. The summed E-state index contributed by atoms with van der Waals surface area (Å²) in [7, 11) is 3.20. The summed E-state index contributed by atoms with van der Waals surface area (Å²) in [5.41, 5.74) is 4.33. The quantitative estimate of drug-likeness (QED) is 0.272. The van der Waals surface area contributed by atoms with Crippen molar-refractivity contribution in [1.29, 1.82) is 0 Å². The summed E-state index contributed by atoms with van der Waals surface area (Å²) >= 11 is 1.37. The molecule has 0 spiro atoms. The van der Waals surface area contributed by atoms with Crippen molar-refractivity contribution in [3.05, 3.63) is 34.8 Å². The fraction of sp³-hybridized carbons (Fsp3) is 0.389. The number of ether oxygens (including phenoxy) is 4. The molecule has 0 radical (unpaired) electrons. The van der Waals surface area contributed by atoms with Crippen LogP contribution in [0.2, 0.25) is 0 Å². The third-order valence-electron chi connectivity index (χ3n) is 3.29. The standard InChI is InChI=1S/C18H23N3O5S/c1-4-25-17(22)10-14-12-27-18(20-14)21-19-11-13-5-6-15(16(9-13)24-3)26-8-7-23-2/h5-6,9,11-12H,4,7-8,10H2,1-3H3,(H,20,21). The lowest BCUT2D eigenvalue weighted by Crippen LogP contribution is -2.07. The topological polar surface area (TPSA) is 91.3 Å². The molecule has 146 valence electrons. The van der Waals surface area contributed by atoms with Crippen molar-refractivity contribution in [2.24, 2.45) is 5.10 Å². The highest BCUT2D eigenvalue weighted by molar-refractivity contribution is 7.13. The summed E-state index contributed by atoms with van der Waals surface area (Å²) in [4.78, 5) is 15.7. The van der Waals surface area contributed by atoms with E-state index in [1.54, 1.807) is 32.7 Å². The van der Waals surface area contributed by atoms with E-state index in [9.17, 15) is 4.79 Å². The Morgan fingerprint density at radius 2 is 2.15 bits per heavy atom. The molecule has 2 rings (SSSR count). The lowest BCUT2D eigenvalue weighted by Gasteiger charge is -2.10. The first-order chi connectivity index (χ1) is 13.2. The van der Waals surface area contributed by atoms with Gasteiger partial charge in [0.1, 0.15) is 6.61 Å². The molecule has 27 heavy (non-hydrogen) atoms. The number of anilines is 1. The minimum atomic E-state index is -0.294. The Balaban J connectivity index is 1.92. The number of carbonyl (C=O) groups excluding carboxylic acids is 1. The summed E-state index contributed by atoms with van der Waals surface area (Å²) in [6, 6.07) is 5.50. The molecule has 0 saturated carbocycles. The number of esters is 1. The summed E-state index contributed by atoms with van der Waals surface area (Å²) in [5, 5.41) is 6.55. The van der Waals surface area contributed by atoms with Gasteiger partial charge in [-0.15, -0.1) is 11.3 Å². The van der Waals surface area contributed by atoms with Crippen LogP contribution in [0.5, 0.6) is 11.5 Å². The van der Waals surface area contributed by atoms with Crippen LogP contribution in [-0.4, -0.2) is 51.2 Å². The first-order valence-corrected chi connectivity index (χ1v) is 9.23. The average Bonchev–Trinajstić information content (AvgIpc) is 3.10. The van der Waals surface area contributed by atoms with E-state index < -0.39 is 0 Å². The minimum absolute atomic E-state index is 0.150. The Bertz CT molecular complexity index is 763. The molecule has 2 aromatic rings. The molecular weight excluding hydrogens is 370 g/mol. The van der Waals surface area contributed by atoms with E-state index in [4.69, 9.17) is 18.9 Å². The maximum Gasteiger partial charge on any atom is 0.311 e. The van der Waals surface area contributed by atoms with Gasteiger partial charge in [-0.25, -0.2) is 4.98 Å². The zero-order chi connectivity index (χ0) is 19.5. The van der Waals surface area contributed by atoms with E-state index in [-0.39, 0.29) is 12.4 Å². The molecule has 1 aromatic heterocycles. The van der Waals surface area contributed by atoms with Crippen LogP contribution in [0, 0.1) is 0 Å². The van der Waals surface area contributed by atoms with Crippen molar-refractivity contribution < 1.29 is 23.7 Å². The predicted octanol–water partition coefficient (Wildman–Crippen LogP) is 2.73. The minimum Gasteiger partial charge on any atom is -0.493 e. The van der Waals surface area contributed by atoms with Crippen molar-refractivity contribution in [3.8, 4) is 11.5 Å². The van der Waals surface area contributed by atoms with Gasteiger partial charge in [-0.05, 0) is 30.7 Å². The zero-order valence-electron chi connectivity index (χ0n) is 15.6. The van der Waals surface area contributed by atoms with Gasteiger partial charge in [0, 0.05) is 12.5 Å². The Labute approximate surface area is 162 Å². The number of carbonyl (C=O) groups is 1. The van der Waals surface area contributed by atoms with Crippen LogP contribution in [0.1, 0.15) is 18.2 Å². The van der Waals surface area contributed by atoms with Crippen LogP contribution in [0.3, 0.4) is 0 Å². The summed E-state index contributed by atoms with van der Waals surface area (Å²) in [6.45, 7) is 3.08. The SMILES string of the molecule is CCOC(=O)Cc1csc(NN=Cc2ccc(OCCOC)c(OC)c2)n1. The van der Waals surface area contributed by atoms with Crippen LogP contribution >= 0.6 is 11.3 Å². The van der Waals surface area contributed by atoms with Gasteiger partial charge in [0.2, 0.25) is 5.13 Å². The monoisotopic (exact) mass is 393 g/mol. The van der Waals surface area contributed by atoms with Crippen molar-refractivity contribution >= 4 is 28.7 Å². The molecule has 9 heteroatoms. The molecule has 0 fully saturated rings. The van der Waals surface area contributed by atoms with E-state index in [2.05, 4.69) is 15.5 Å². The molecule has 0 amide bonds. The Morgan fingerprint density at radius 3 is 2.89 bits per heavy atom. The lowest BCUT2D eigenvalue weighted by atomic mass is 10.2. The third-order valence-corrected chi connectivity index (χ3v) is 4.08. The number of aromatic nitrogens is 1. The smallest absolute Gasteiger partial charge is 0.311 e. The van der Waals surface area contributed by atoms with E-state index >= 15 is 0 Å². The number of hydrogen-bond acceptors (Lipinski definition) is 9. The van der Waals surface area contributed by atoms with Gasteiger partial charge in [-0.1, -0.05) is 0 Å². The van der Waals surface area contributed by atoms with Crippen LogP contribution in [-0.2, 0) is 20.7 Å². The number of methoxy groups -OCH3 is 2. The Kier molecular flexibility index (Phi) is 8.53. The van der Waals surface area contributed by atoms with Gasteiger partial charge >= 0.3 is 5.97 Å². The van der Waals surface area contributed by atoms with Crippen molar-refractivity contribution in [1.82, 2.24) is 4.98 Å². The maximum absolute atomic E-state index is 11.5. The summed E-state index contributed by atoms with van der Waals surface area (Å²) < 4.78 is 20.8. The fourth-order valence-electron chi connectivity index (χ4n) is 2.08. The molecular formula is C18H23N3O5S. The number of nitrogens with one attached hydrogen (secondary N) is 1. The van der Waals surface area contributed by atoms with Gasteiger partial charge in [-0.2, -0.15) is 5.10 Å². The second-order valence-corrected chi connectivity index (χ2v) is 6.11. The molecule has 8 nitrogen and oxygen atoms in total. The molecule has 0 aliphatic carbocycles. The van der Waals surface area contributed by atoms with Gasteiger partial charge < -0.3 is 18.9 Å². The van der Waals surface area contributed by atoms with Gasteiger partial charge in [0.05, 0.1) is 38.7 Å². The van der Waals surface area contributed by atoms with Crippen molar-refractivity contribution in [2.45, 2.75) is 13.3 Å². The summed E-state index contributed by atoms with van der Waals surface area (Å²) in [5.74, 6) is 0.960. The summed E-state index contributed by atoms with van der Waals surface area (Å²) in [6.07, 6.45) is 1.80. The molecule has 0 aliphatic rings. The van der Waals surface area contributed by atoms with Crippen molar-refractivity contribution in [3.63, 3.8) is 0 Å². The Morgan fingerprint density at radius 1 is 1.30 bits per heavy atom. The third kappa shape index (κ3) is 6.87. The maximum atomic E-state index is 11.5. The molecule has 1 heterocycles. The highest BCUT2D eigenvalue weighted by Gasteiger charge is 2.08. The lowest BCUT2D eigenvalue weighted by molar-refractivity contribution is -0.142. The van der Waals surface area contributed by atoms with Gasteiger partial charge in [-0.3, -0.25) is 10.2 Å². The second kappa shape index (κ2) is 11.1. The highest BCUT2D eigenvalue weighted by atomic mass is 32.1. The zero-order valence-corrected chi connectivity index (χ0v) is 16.4. The largest absolute Gasteiger partial charge is 0.493 e. The molecule has 1 N–H and O–H groups in total. The van der Waals surface area contributed by atoms with E-state index in [1.165, 1.54) is 11.3 Å². The fourth-order valence-corrected chi connectivity index (χ4v) is 2.74. The van der Waals surface area contributed by atoms with Crippen LogP contribution in [0.4, 0.5) is 5.13 Å². The number of hydrogen-bond donors (Lipinski definition) is 1. The normalized spacial score (nSPS) is 10.8. The van der Waals surface area contributed by atoms with Crippen LogP contribution in [0.25, 0.3) is 0 Å². The first-order valence-electron chi connectivity index (χ1n) is 8.35. The van der Waals surface area contributed by atoms with E-state index in [1.807, 2.05) is 18.2 Å². The number of rotatable bonds is 11. The number of benzene rings is 1. The molecule has 0 bridgehead atoms. The van der Waals surface area contributed by atoms with Crippen LogP contribution in [0.15, 0.2) is 28.7 Å².